The quantitative estimate of drug-likeness (QED) is 0.813. The molecular weight excluding hydrogens is 225 g/mol. The predicted octanol–water partition coefficient (Wildman–Crippen LogP) is 3.22. The van der Waals surface area contributed by atoms with Crippen LogP contribution in [0.4, 0.5) is 13.2 Å². The number of rotatable bonds is 3. The first-order valence-electron chi connectivity index (χ1n) is 4.39. The first-order valence-corrected chi connectivity index (χ1v) is 5.21. The Hall–Kier alpha value is -0.680. The van der Waals surface area contributed by atoms with Gasteiger partial charge in [-0.3, -0.25) is 0 Å². The van der Waals surface area contributed by atoms with Crippen molar-refractivity contribution in [3.05, 3.63) is 29.8 Å². The van der Waals surface area contributed by atoms with Gasteiger partial charge in [-0.1, -0.05) is 12.1 Å². The van der Waals surface area contributed by atoms with E-state index in [9.17, 15) is 13.2 Å². The molecule has 1 nitrogen and oxygen atoms in total. The lowest BCUT2D eigenvalue weighted by Gasteiger charge is -2.08. The molecule has 0 aliphatic rings. The summed E-state index contributed by atoms with van der Waals surface area (Å²) >= 11 is -0.140. The van der Waals surface area contributed by atoms with Crippen molar-refractivity contribution in [3.63, 3.8) is 0 Å². The number of thioether (sulfide) groups is 1. The fourth-order valence-corrected chi connectivity index (χ4v) is 1.83. The van der Waals surface area contributed by atoms with Crippen LogP contribution in [-0.2, 0) is 6.42 Å². The van der Waals surface area contributed by atoms with Crippen LogP contribution in [0.25, 0.3) is 0 Å². The molecule has 0 saturated heterocycles. The van der Waals surface area contributed by atoms with Crippen molar-refractivity contribution < 1.29 is 18.3 Å². The summed E-state index contributed by atoms with van der Waals surface area (Å²) in [6.45, 7) is 1.60. The first kappa shape index (κ1) is 12.4. The molecule has 0 bridgehead atoms. The van der Waals surface area contributed by atoms with Gasteiger partial charge < -0.3 is 5.11 Å². The van der Waals surface area contributed by atoms with E-state index in [1.54, 1.807) is 19.1 Å². The molecule has 1 atom stereocenters. The molecule has 0 unspecified atom stereocenters. The number of hydrogen-bond donors (Lipinski definition) is 1. The number of benzene rings is 1. The van der Waals surface area contributed by atoms with Crippen LogP contribution >= 0.6 is 11.8 Å². The van der Waals surface area contributed by atoms with Crippen molar-refractivity contribution in [2.45, 2.75) is 29.9 Å². The molecule has 0 heterocycles. The van der Waals surface area contributed by atoms with E-state index in [1.165, 1.54) is 12.1 Å². The van der Waals surface area contributed by atoms with Crippen LogP contribution in [0.5, 0.6) is 0 Å². The molecular formula is C10H11F3OS. The molecule has 0 radical (unpaired) electrons. The summed E-state index contributed by atoms with van der Waals surface area (Å²) in [5.41, 5.74) is -3.55. The van der Waals surface area contributed by atoms with Crippen LogP contribution in [-0.4, -0.2) is 16.7 Å². The molecule has 0 aliphatic carbocycles. The van der Waals surface area contributed by atoms with Crippen molar-refractivity contribution in [2.75, 3.05) is 0 Å². The second kappa shape index (κ2) is 4.90. The average Bonchev–Trinajstić information content (AvgIpc) is 1.99. The normalized spacial score (nSPS) is 13.9. The molecule has 1 aromatic rings. The molecule has 0 fully saturated rings. The van der Waals surface area contributed by atoms with Gasteiger partial charge in [0.25, 0.3) is 0 Å². The maximum Gasteiger partial charge on any atom is 0.446 e. The monoisotopic (exact) mass is 236 g/mol. The molecule has 1 rings (SSSR count). The van der Waals surface area contributed by atoms with E-state index in [-0.39, 0.29) is 16.7 Å². The van der Waals surface area contributed by atoms with Crippen molar-refractivity contribution in [1.29, 1.82) is 0 Å². The number of aliphatic hydroxyl groups excluding tert-OH is 1. The van der Waals surface area contributed by atoms with E-state index in [0.717, 1.165) is 0 Å². The summed E-state index contributed by atoms with van der Waals surface area (Å²) in [4.78, 5) is 0.153. The largest absolute Gasteiger partial charge is 0.446 e. The van der Waals surface area contributed by atoms with Crippen LogP contribution in [0.1, 0.15) is 12.5 Å². The van der Waals surface area contributed by atoms with Crippen LogP contribution < -0.4 is 0 Å². The van der Waals surface area contributed by atoms with Crippen molar-refractivity contribution in [1.82, 2.24) is 0 Å². The Bertz CT molecular complexity index is 323. The second-order valence-electron chi connectivity index (χ2n) is 3.25. The van der Waals surface area contributed by atoms with Crippen molar-refractivity contribution >= 4 is 11.8 Å². The first-order chi connectivity index (χ1) is 6.87. The fraction of sp³-hybridized carbons (Fsp3) is 0.400. The maximum absolute atomic E-state index is 12.0. The Morgan fingerprint density at radius 1 is 1.40 bits per heavy atom. The standard InChI is InChI=1S/C10H11F3OS/c1-7(14)5-8-3-2-4-9(6-8)15-10(11,12)13/h2-4,6-7,14H,5H2,1H3/t7-/m0/s1. The summed E-state index contributed by atoms with van der Waals surface area (Å²) in [5, 5.41) is 9.10. The highest BCUT2D eigenvalue weighted by molar-refractivity contribution is 8.00. The highest BCUT2D eigenvalue weighted by atomic mass is 32.2. The summed E-state index contributed by atoms with van der Waals surface area (Å²) in [6.07, 6.45) is -0.178. The van der Waals surface area contributed by atoms with E-state index in [0.29, 0.717) is 12.0 Å². The molecule has 15 heavy (non-hydrogen) atoms. The number of halogens is 3. The Balaban J connectivity index is 2.74. The van der Waals surface area contributed by atoms with E-state index in [1.807, 2.05) is 0 Å². The molecule has 0 amide bonds. The third-order valence-electron chi connectivity index (χ3n) is 1.66. The summed E-state index contributed by atoms with van der Waals surface area (Å²) < 4.78 is 36.1. The second-order valence-corrected chi connectivity index (χ2v) is 4.39. The Morgan fingerprint density at radius 2 is 2.07 bits per heavy atom. The third kappa shape index (κ3) is 5.09. The molecule has 0 aliphatic heterocycles. The Morgan fingerprint density at radius 3 is 2.60 bits per heavy atom. The molecule has 5 heteroatoms. The van der Waals surface area contributed by atoms with Crippen LogP contribution in [0.3, 0.4) is 0 Å². The SMILES string of the molecule is C[C@H](O)Cc1cccc(SC(F)(F)F)c1. The zero-order chi connectivity index (χ0) is 11.5. The van der Waals surface area contributed by atoms with Gasteiger partial charge in [-0.2, -0.15) is 13.2 Å². The fourth-order valence-electron chi connectivity index (χ4n) is 1.21. The summed E-state index contributed by atoms with van der Waals surface area (Å²) in [7, 11) is 0. The average molecular weight is 236 g/mol. The van der Waals surface area contributed by atoms with Gasteiger partial charge in [-0.25, -0.2) is 0 Å². The van der Waals surface area contributed by atoms with Gasteiger partial charge >= 0.3 is 5.51 Å². The van der Waals surface area contributed by atoms with Gasteiger partial charge in [-0.15, -0.1) is 0 Å². The smallest absolute Gasteiger partial charge is 0.393 e. The lowest BCUT2D eigenvalue weighted by molar-refractivity contribution is -0.0328. The van der Waals surface area contributed by atoms with Gasteiger partial charge in [0.2, 0.25) is 0 Å². The zero-order valence-electron chi connectivity index (χ0n) is 8.08. The number of hydrogen-bond acceptors (Lipinski definition) is 2. The van der Waals surface area contributed by atoms with Crippen molar-refractivity contribution in [2.24, 2.45) is 0 Å². The van der Waals surface area contributed by atoms with Crippen LogP contribution in [0.2, 0.25) is 0 Å². The van der Waals surface area contributed by atoms with Crippen molar-refractivity contribution in [3.8, 4) is 0 Å². The molecule has 0 saturated carbocycles. The lowest BCUT2D eigenvalue weighted by Crippen LogP contribution is -2.04. The minimum Gasteiger partial charge on any atom is -0.393 e. The minimum atomic E-state index is -4.26. The van der Waals surface area contributed by atoms with Gasteiger partial charge in [0.15, 0.2) is 0 Å². The number of alkyl halides is 3. The predicted molar refractivity (Wildman–Crippen MR) is 53.7 cm³/mol. The highest BCUT2D eigenvalue weighted by Crippen LogP contribution is 2.36. The lowest BCUT2D eigenvalue weighted by atomic mass is 10.1. The highest BCUT2D eigenvalue weighted by Gasteiger charge is 2.29. The van der Waals surface area contributed by atoms with Gasteiger partial charge in [0.1, 0.15) is 0 Å². The summed E-state index contributed by atoms with van der Waals surface area (Å²) in [5.74, 6) is 0. The minimum absolute atomic E-state index is 0.140. The van der Waals surface area contributed by atoms with E-state index in [4.69, 9.17) is 5.11 Å². The van der Waals surface area contributed by atoms with Gasteiger partial charge in [0.05, 0.1) is 6.10 Å². The van der Waals surface area contributed by atoms with Gasteiger partial charge in [0, 0.05) is 4.90 Å². The third-order valence-corrected chi connectivity index (χ3v) is 2.38. The molecule has 1 N–H and O–H groups in total. The van der Waals surface area contributed by atoms with Gasteiger partial charge in [-0.05, 0) is 42.8 Å². The Labute approximate surface area is 90.3 Å². The Kier molecular flexibility index (Phi) is 4.04. The molecule has 1 aromatic carbocycles. The maximum atomic E-state index is 12.0. The molecule has 0 aromatic heterocycles. The topological polar surface area (TPSA) is 20.2 Å². The van der Waals surface area contributed by atoms with Crippen LogP contribution in [0, 0.1) is 0 Å². The van der Waals surface area contributed by atoms with E-state index in [2.05, 4.69) is 0 Å². The van der Waals surface area contributed by atoms with Crippen LogP contribution in [0.15, 0.2) is 29.2 Å². The molecule has 84 valence electrons. The van der Waals surface area contributed by atoms with E-state index < -0.39 is 11.6 Å². The van der Waals surface area contributed by atoms with E-state index >= 15 is 0 Å². The molecule has 0 spiro atoms. The number of aliphatic hydroxyl groups is 1. The summed E-state index contributed by atoms with van der Waals surface area (Å²) in [6, 6.07) is 6.12. The zero-order valence-corrected chi connectivity index (χ0v) is 8.90.